The number of methoxy groups -OCH3 is 1. The summed E-state index contributed by atoms with van der Waals surface area (Å²) in [5.74, 6) is 0.835. The first-order valence-corrected chi connectivity index (χ1v) is 12.6. The molecule has 1 aliphatic heterocycles. The van der Waals surface area contributed by atoms with Crippen LogP contribution < -0.4 is 4.74 Å². The number of hydrogen-bond acceptors (Lipinski definition) is 5. The zero-order chi connectivity index (χ0) is 24.1. The van der Waals surface area contributed by atoms with E-state index in [4.69, 9.17) is 14.2 Å². The SMILES string of the molecule is CCCCCCCC(=O)OCCC1C[C@@H](C)[C@@H](C)C/C=C/Cc2cccc(OC)c2C(=O)O1. The predicted molar refractivity (Wildman–Crippen MR) is 132 cm³/mol. The van der Waals surface area contributed by atoms with Gasteiger partial charge in [0.1, 0.15) is 17.4 Å². The number of carbonyl (C=O) groups is 2. The molecule has 0 spiro atoms. The number of ether oxygens (including phenoxy) is 3. The highest BCUT2D eigenvalue weighted by Gasteiger charge is 2.25. The van der Waals surface area contributed by atoms with Gasteiger partial charge < -0.3 is 14.2 Å². The summed E-state index contributed by atoms with van der Waals surface area (Å²) in [7, 11) is 1.57. The van der Waals surface area contributed by atoms with Crippen molar-refractivity contribution in [2.75, 3.05) is 13.7 Å². The molecule has 184 valence electrons. The second-order valence-corrected chi connectivity index (χ2v) is 9.30. The summed E-state index contributed by atoms with van der Waals surface area (Å²) in [6, 6.07) is 5.63. The average molecular weight is 459 g/mol. The number of benzene rings is 1. The Bertz CT molecular complexity index is 770. The van der Waals surface area contributed by atoms with Crippen LogP contribution in [-0.4, -0.2) is 31.8 Å². The van der Waals surface area contributed by atoms with Gasteiger partial charge in [0.15, 0.2) is 0 Å². The molecular formula is C28H42O5. The molecule has 2 rings (SSSR count). The minimum Gasteiger partial charge on any atom is -0.496 e. The molecule has 5 heteroatoms. The number of unbranched alkanes of at least 4 members (excludes halogenated alkanes) is 4. The van der Waals surface area contributed by atoms with E-state index in [0.29, 0.717) is 42.4 Å². The maximum Gasteiger partial charge on any atom is 0.342 e. The second kappa shape index (κ2) is 14.8. The first-order valence-electron chi connectivity index (χ1n) is 12.6. The van der Waals surface area contributed by atoms with Gasteiger partial charge in [0, 0.05) is 12.8 Å². The Balaban J connectivity index is 2.03. The Morgan fingerprint density at radius 3 is 2.64 bits per heavy atom. The molecule has 1 heterocycles. The van der Waals surface area contributed by atoms with Crippen molar-refractivity contribution in [3.63, 3.8) is 0 Å². The molecule has 0 aromatic heterocycles. The number of rotatable bonds is 10. The maximum atomic E-state index is 13.2. The van der Waals surface area contributed by atoms with Crippen LogP contribution in [0.5, 0.6) is 5.75 Å². The van der Waals surface area contributed by atoms with Crippen molar-refractivity contribution in [2.45, 2.75) is 91.1 Å². The summed E-state index contributed by atoms with van der Waals surface area (Å²) < 4.78 is 16.9. The fourth-order valence-electron chi connectivity index (χ4n) is 4.23. The lowest BCUT2D eigenvalue weighted by Gasteiger charge is -2.26. The molecule has 0 bridgehead atoms. The van der Waals surface area contributed by atoms with Gasteiger partial charge in [-0.05, 0) is 49.1 Å². The standard InChI is InChI=1S/C28H42O5/c1-5-6-7-8-9-17-26(29)32-19-18-24-20-22(3)21(2)13-10-11-14-23-15-12-16-25(31-4)27(23)28(30)33-24/h10-12,15-16,21-22,24H,5-9,13-14,17-20H2,1-4H3/b11-10+/t21-,22+,24?/m0/s1. The lowest BCUT2D eigenvalue weighted by atomic mass is 9.87. The Hall–Kier alpha value is -2.30. The van der Waals surface area contributed by atoms with Crippen LogP contribution >= 0.6 is 0 Å². The summed E-state index contributed by atoms with van der Waals surface area (Å²) >= 11 is 0. The van der Waals surface area contributed by atoms with Gasteiger partial charge in [0.05, 0.1) is 13.7 Å². The molecule has 0 radical (unpaired) electrons. The summed E-state index contributed by atoms with van der Waals surface area (Å²) in [5, 5.41) is 0. The summed E-state index contributed by atoms with van der Waals surface area (Å²) in [6.45, 7) is 6.87. The van der Waals surface area contributed by atoms with Crippen molar-refractivity contribution in [1.82, 2.24) is 0 Å². The molecular weight excluding hydrogens is 416 g/mol. The van der Waals surface area contributed by atoms with E-state index in [-0.39, 0.29) is 24.6 Å². The monoisotopic (exact) mass is 458 g/mol. The molecule has 5 nitrogen and oxygen atoms in total. The van der Waals surface area contributed by atoms with Crippen molar-refractivity contribution in [3.8, 4) is 5.75 Å². The normalized spacial score (nSPS) is 22.3. The molecule has 1 aromatic rings. The number of cyclic esters (lactones) is 1. The van der Waals surface area contributed by atoms with Gasteiger partial charge >= 0.3 is 11.9 Å². The Kier molecular flexibility index (Phi) is 12.1. The average Bonchev–Trinajstić information content (AvgIpc) is 2.80. The quantitative estimate of drug-likeness (QED) is 0.222. The lowest BCUT2D eigenvalue weighted by molar-refractivity contribution is -0.144. The molecule has 0 saturated heterocycles. The molecule has 33 heavy (non-hydrogen) atoms. The number of fused-ring (bicyclic) bond motifs is 1. The summed E-state index contributed by atoms with van der Waals surface area (Å²) in [4.78, 5) is 25.3. The highest BCUT2D eigenvalue weighted by atomic mass is 16.6. The van der Waals surface area contributed by atoms with E-state index in [0.717, 1.165) is 37.7 Å². The van der Waals surface area contributed by atoms with Crippen LogP contribution in [0.3, 0.4) is 0 Å². The van der Waals surface area contributed by atoms with E-state index >= 15 is 0 Å². The number of hydrogen-bond donors (Lipinski definition) is 0. The van der Waals surface area contributed by atoms with Gasteiger partial charge in [-0.1, -0.05) is 70.7 Å². The van der Waals surface area contributed by atoms with Crippen LogP contribution in [0.2, 0.25) is 0 Å². The van der Waals surface area contributed by atoms with Crippen molar-refractivity contribution in [1.29, 1.82) is 0 Å². The Morgan fingerprint density at radius 2 is 1.88 bits per heavy atom. The molecule has 0 N–H and O–H groups in total. The molecule has 3 atom stereocenters. The number of carbonyl (C=O) groups excluding carboxylic acids is 2. The minimum atomic E-state index is -0.372. The third-order valence-electron chi connectivity index (χ3n) is 6.62. The van der Waals surface area contributed by atoms with Gasteiger partial charge in [-0.25, -0.2) is 4.79 Å². The highest BCUT2D eigenvalue weighted by Crippen LogP contribution is 2.29. The van der Waals surface area contributed by atoms with Crippen molar-refractivity contribution in [2.24, 2.45) is 11.8 Å². The van der Waals surface area contributed by atoms with Crippen LogP contribution in [0, 0.1) is 11.8 Å². The third-order valence-corrected chi connectivity index (χ3v) is 6.62. The fourth-order valence-corrected chi connectivity index (χ4v) is 4.23. The van der Waals surface area contributed by atoms with Crippen molar-refractivity contribution in [3.05, 3.63) is 41.5 Å². The molecule has 0 amide bonds. The predicted octanol–water partition coefficient (Wildman–Crippen LogP) is 6.68. The second-order valence-electron chi connectivity index (χ2n) is 9.30. The molecule has 1 aromatic carbocycles. The van der Waals surface area contributed by atoms with Crippen LogP contribution in [-0.2, 0) is 20.7 Å². The van der Waals surface area contributed by atoms with Gasteiger partial charge in [-0.2, -0.15) is 0 Å². The molecule has 1 aliphatic rings. The van der Waals surface area contributed by atoms with Crippen LogP contribution in [0.4, 0.5) is 0 Å². The lowest BCUT2D eigenvalue weighted by Crippen LogP contribution is -2.26. The van der Waals surface area contributed by atoms with E-state index in [2.05, 4.69) is 32.9 Å². The highest BCUT2D eigenvalue weighted by molar-refractivity contribution is 5.94. The van der Waals surface area contributed by atoms with E-state index in [1.54, 1.807) is 13.2 Å². The Labute approximate surface area is 199 Å². The summed E-state index contributed by atoms with van der Waals surface area (Å²) in [6.07, 6.45) is 12.8. The molecule has 0 aliphatic carbocycles. The number of esters is 2. The van der Waals surface area contributed by atoms with E-state index in [1.807, 2.05) is 12.1 Å². The van der Waals surface area contributed by atoms with Crippen molar-refractivity contribution < 1.29 is 23.8 Å². The van der Waals surface area contributed by atoms with Gasteiger partial charge in [-0.3, -0.25) is 4.79 Å². The number of allylic oxidation sites excluding steroid dienone is 2. The van der Waals surface area contributed by atoms with E-state index in [9.17, 15) is 9.59 Å². The van der Waals surface area contributed by atoms with Gasteiger partial charge in [-0.15, -0.1) is 0 Å². The Morgan fingerprint density at radius 1 is 1.09 bits per heavy atom. The molecule has 0 saturated carbocycles. The van der Waals surface area contributed by atoms with Crippen LogP contribution in [0.15, 0.2) is 30.4 Å². The maximum absolute atomic E-state index is 13.2. The van der Waals surface area contributed by atoms with Crippen LogP contribution in [0.25, 0.3) is 0 Å². The largest absolute Gasteiger partial charge is 0.496 e. The summed E-state index contributed by atoms with van der Waals surface area (Å²) in [5.41, 5.74) is 1.38. The van der Waals surface area contributed by atoms with Crippen LogP contribution in [0.1, 0.15) is 94.5 Å². The zero-order valence-corrected chi connectivity index (χ0v) is 20.9. The van der Waals surface area contributed by atoms with Gasteiger partial charge in [0.2, 0.25) is 0 Å². The van der Waals surface area contributed by atoms with E-state index in [1.165, 1.54) is 12.8 Å². The van der Waals surface area contributed by atoms with E-state index < -0.39 is 0 Å². The fraction of sp³-hybridized carbons (Fsp3) is 0.643. The zero-order valence-electron chi connectivity index (χ0n) is 20.9. The first-order chi connectivity index (χ1) is 16.0. The molecule has 0 fully saturated rings. The topological polar surface area (TPSA) is 61.8 Å². The van der Waals surface area contributed by atoms with Gasteiger partial charge in [0.25, 0.3) is 0 Å². The smallest absolute Gasteiger partial charge is 0.342 e. The third kappa shape index (κ3) is 9.23. The van der Waals surface area contributed by atoms with Crippen molar-refractivity contribution >= 4 is 11.9 Å². The minimum absolute atomic E-state index is 0.162. The molecule has 1 unspecified atom stereocenters. The first kappa shape index (κ1) is 26.9.